The Kier molecular flexibility index (Phi) is 40.5. The van der Waals surface area contributed by atoms with Crippen LogP contribution in [-0.4, -0.2) is 313 Å². The van der Waals surface area contributed by atoms with E-state index in [0.29, 0.717) is 12.8 Å². The monoisotopic (exact) mass is 1740 g/mol. The van der Waals surface area contributed by atoms with Crippen LogP contribution in [0.4, 0.5) is 0 Å². The number of amides is 17. The van der Waals surface area contributed by atoms with Crippen molar-refractivity contribution in [3.05, 3.63) is 0 Å². The van der Waals surface area contributed by atoms with Crippen LogP contribution in [0.5, 0.6) is 0 Å². The van der Waals surface area contributed by atoms with Gasteiger partial charge in [-0.25, -0.2) is 4.79 Å². The number of likely N-dealkylation sites (tertiary alicyclic amines) is 5. The summed E-state index contributed by atoms with van der Waals surface area (Å²) in [5.41, 5.74) is 39.3. The van der Waals surface area contributed by atoms with Gasteiger partial charge in [-0.3, -0.25) is 96.3 Å². The van der Waals surface area contributed by atoms with Crippen molar-refractivity contribution in [1.82, 2.24) is 77.7 Å². The van der Waals surface area contributed by atoms with Gasteiger partial charge in [-0.1, -0.05) is 41.5 Å². The van der Waals surface area contributed by atoms with Crippen LogP contribution in [0.25, 0.3) is 0 Å². The number of rotatable bonds is 48. The number of carboxylic acid groups (broad SMARTS) is 2. The molecule has 46 nitrogen and oxygen atoms in total. The van der Waals surface area contributed by atoms with Crippen LogP contribution in [0.15, 0.2) is 9.98 Å². The lowest BCUT2D eigenvalue weighted by Crippen LogP contribution is -2.61. The van der Waals surface area contributed by atoms with Crippen molar-refractivity contribution in [3.8, 4) is 0 Å². The third kappa shape index (κ3) is 31.0. The third-order valence-corrected chi connectivity index (χ3v) is 21.8. The molecule has 5 fully saturated rings. The summed E-state index contributed by atoms with van der Waals surface area (Å²) in [7, 11) is 0. The van der Waals surface area contributed by atoms with Gasteiger partial charge in [0.05, 0.1) is 19.1 Å². The van der Waals surface area contributed by atoms with Gasteiger partial charge in [0.1, 0.15) is 90.6 Å². The second-order valence-electron chi connectivity index (χ2n) is 33.0. The molecule has 5 saturated heterocycles. The predicted molar refractivity (Wildman–Crippen MR) is 440 cm³/mol. The molecule has 0 radical (unpaired) electrons. The minimum Gasteiger partial charge on any atom is -0.481 e. The number of guanidine groups is 2. The normalized spacial score (nSPS) is 20.2. The van der Waals surface area contributed by atoms with Crippen LogP contribution < -0.4 is 93.3 Å². The number of carboxylic acids is 2. The number of aliphatic carboxylic acids is 2. The van der Waals surface area contributed by atoms with E-state index in [4.69, 9.17) is 40.1 Å². The van der Waals surface area contributed by atoms with E-state index in [1.54, 1.807) is 41.5 Å². The number of aliphatic hydroxyl groups is 1. The summed E-state index contributed by atoms with van der Waals surface area (Å²) in [6.07, 6.45) is -0.579. The first-order chi connectivity index (χ1) is 57.9. The van der Waals surface area contributed by atoms with Crippen LogP contribution >= 0.6 is 0 Å². The van der Waals surface area contributed by atoms with E-state index in [9.17, 15) is 106 Å². The first-order valence-corrected chi connectivity index (χ1v) is 41.9. The minimum absolute atomic E-state index is 0.0157. The van der Waals surface area contributed by atoms with E-state index in [2.05, 4.69) is 63.2 Å². The molecule has 46 heteroatoms. The Morgan fingerprint density at radius 2 is 0.756 bits per heavy atom. The minimum atomic E-state index is -1.75. The highest BCUT2D eigenvalue weighted by Gasteiger charge is 2.48. The molecule has 5 rings (SSSR count). The van der Waals surface area contributed by atoms with Crippen LogP contribution in [-0.2, 0) is 91.1 Å². The molecule has 0 bridgehead atoms. The summed E-state index contributed by atoms with van der Waals surface area (Å²) < 4.78 is 0. The van der Waals surface area contributed by atoms with Crippen molar-refractivity contribution < 1.29 is 106 Å². The number of hydrogen-bond acceptors (Lipinski definition) is 23. The zero-order chi connectivity index (χ0) is 92.0. The summed E-state index contributed by atoms with van der Waals surface area (Å²) in [6.45, 7) is 12.1. The van der Waals surface area contributed by atoms with E-state index >= 15 is 0 Å². The molecular weight excluding hydrogens is 1610 g/mol. The Balaban J connectivity index is 1.25. The second-order valence-corrected chi connectivity index (χ2v) is 33.0. The molecule has 688 valence electrons. The number of carbonyl (C=O) groups excluding carboxylic acids is 17. The van der Waals surface area contributed by atoms with Crippen molar-refractivity contribution in [2.45, 2.75) is 287 Å². The first kappa shape index (κ1) is 102. The number of hydrogen-bond donors (Lipinski definition) is 20. The fourth-order valence-electron chi connectivity index (χ4n) is 15.5. The lowest BCUT2D eigenvalue weighted by Gasteiger charge is -2.34. The Morgan fingerprint density at radius 1 is 0.374 bits per heavy atom. The maximum Gasteiger partial charge on any atom is 0.326 e. The van der Waals surface area contributed by atoms with Crippen molar-refractivity contribution in [1.29, 1.82) is 0 Å². The van der Waals surface area contributed by atoms with Gasteiger partial charge in [-0.15, -0.1) is 0 Å². The van der Waals surface area contributed by atoms with Gasteiger partial charge in [-0.2, -0.15) is 0 Å². The molecule has 5 heterocycles. The SMILES string of the molecule is CC(C)C[C@H](NC(=O)[C@H](CCCN=C(N)N)NC(=O)[C@H](CCCN=C(N)N)NC(=O)[C@H](C)NC(=O)[C@@H]1CCCN1C(=O)[C@H](C)NC(=O)[C@H](CCC(N)=O)NC(=O)[C@@H]1CCCN1C(=O)[C@H](CO)NC(=O)[C@@H]1CCCN1C(=O)[C@H](CC(N)=O)NC(=O)[C@H](CCC(=O)O)NC(=O)[C@@H](N)CC(C)C)C(=O)N[C@H](C(=O)N1CCC[C@H]1C(=O)N1CCC[C@H]1C(=O)O)C(C)C. The molecule has 0 aromatic heterocycles. The molecule has 0 aliphatic carbocycles. The highest BCUT2D eigenvalue weighted by molar-refractivity contribution is 6.02. The number of carbonyl (C=O) groups is 19. The van der Waals surface area contributed by atoms with E-state index < -0.39 is 254 Å². The molecule has 27 N–H and O–H groups in total. The van der Waals surface area contributed by atoms with Gasteiger partial charge in [0.2, 0.25) is 100 Å². The van der Waals surface area contributed by atoms with Crippen LogP contribution in [0.1, 0.15) is 190 Å². The molecular formula is C77H128N24O22. The van der Waals surface area contributed by atoms with Crippen molar-refractivity contribution >= 4 is 124 Å². The Hall–Kier alpha value is -11.6. The van der Waals surface area contributed by atoms with E-state index in [1.165, 1.54) is 23.6 Å². The molecule has 5 aliphatic rings. The molecule has 123 heavy (non-hydrogen) atoms. The first-order valence-electron chi connectivity index (χ1n) is 41.9. The maximum absolute atomic E-state index is 14.6. The number of nitrogens with zero attached hydrogens (tertiary/aromatic N) is 7. The number of nitrogens with two attached hydrogens (primary N) is 7. The summed E-state index contributed by atoms with van der Waals surface area (Å²) in [6, 6.07) is -22.0. The number of aliphatic imine (C=N–C) groups is 2. The highest BCUT2D eigenvalue weighted by Crippen LogP contribution is 2.29. The second kappa shape index (κ2) is 48.9. The zero-order valence-corrected chi connectivity index (χ0v) is 71.2. The van der Waals surface area contributed by atoms with E-state index in [-0.39, 0.29) is 159 Å². The van der Waals surface area contributed by atoms with Gasteiger partial charge in [0, 0.05) is 58.7 Å². The van der Waals surface area contributed by atoms with E-state index in [0.717, 1.165) is 14.7 Å². The van der Waals surface area contributed by atoms with Gasteiger partial charge in [0.25, 0.3) is 0 Å². The Bertz CT molecular complexity index is 3880. The zero-order valence-electron chi connectivity index (χ0n) is 71.2. The summed E-state index contributed by atoms with van der Waals surface area (Å²) in [4.78, 5) is 274. The molecule has 0 spiro atoms. The molecule has 0 saturated carbocycles. The van der Waals surface area contributed by atoms with Crippen LogP contribution in [0, 0.1) is 17.8 Å². The van der Waals surface area contributed by atoms with Gasteiger partial charge in [-0.05, 0) is 147 Å². The van der Waals surface area contributed by atoms with Crippen molar-refractivity contribution in [2.75, 3.05) is 52.4 Å². The largest absolute Gasteiger partial charge is 0.481 e. The summed E-state index contributed by atoms with van der Waals surface area (Å²) >= 11 is 0. The molecule has 17 amide bonds. The fraction of sp³-hybridized carbons (Fsp3) is 0.727. The van der Waals surface area contributed by atoms with Crippen molar-refractivity contribution in [3.63, 3.8) is 0 Å². The van der Waals surface area contributed by atoms with Gasteiger partial charge in [0.15, 0.2) is 11.9 Å². The standard InChI is InChI=1S/C77H128N24O22/c1-38(2)34-43(78)61(108)90-47(24-26-58(105)106)65(112)94-49(36-57(80)104)71(118)98-30-12-20-53(98)69(116)95-50(37-102)72(119)99-31-13-19-52(99)68(115)92-46(23-25-56(79)103)62(109)88-42(8)70(117)97-29-11-18-51(97)67(114)87-41(7)60(107)89-44(16-9-27-85-76(81)82)63(110)91-45(17-10-28-86-77(83)84)64(111)93-48(35-39(3)4)66(113)96-59(40(5)6)74(121)100-32-14-21-54(100)73(120)101-33-15-22-55(101)75(122)123/h38-55,59,102H,9-37,78H2,1-8H3,(H2,79,103)(H2,80,104)(H,87,114)(H,88,109)(H,89,107)(H,90,108)(H,91,110)(H,92,115)(H,93,111)(H,94,112)(H,95,116)(H,96,113)(H,105,106)(H,122,123)(H4,81,82,85)(H4,83,84,86)/t41-,42-,43-,44-,45-,46-,47-,48-,49-,50-,51-,52-,53-,54-,55-,59-/m0/s1. The van der Waals surface area contributed by atoms with Gasteiger partial charge >= 0.3 is 11.9 Å². The van der Waals surface area contributed by atoms with Crippen LogP contribution in [0.3, 0.4) is 0 Å². The third-order valence-electron chi connectivity index (χ3n) is 21.8. The molecule has 0 aromatic carbocycles. The Morgan fingerprint density at radius 3 is 1.21 bits per heavy atom. The lowest BCUT2D eigenvalue weighted by molar-refractivity contribution is -0.152. The van der Waals surface area contributed by atoms with Gasteiger partial charge < -0.3 is 133 Å². The topological polar surface area (TPSA) is 728 Å². The van der Waals surface area contributed by atoms with Crippen LogP contribution in [0.2, 0.25) is 0 Å². The Labute approximate surface area is 712 Å². The summed E-state index contributed by atoms with van der Waals surface area (Å²) in [5, 5.41) is 55.4. The number of primary amides is 2. The average Bonchev–Trinajstić information content (AvgIpc) is 1.68. The lowest BCUT2D eigenvalue weighted by atomic mass is 9.98. The molecule has 0 unspecified atom stereocenters. The maximum atomic E-state index is 14.6. The van der Waals surface area contributed by atoms with E-state index in [1.807, 2.05) is 0 Å². The smallest absolute Gasteiger partial charge is 0.326 e. The molecule has 0 aromatic rings. The quantitative estimate of drug-likeness (QED) is 0.0153. The van der Waals surface area contributed by atoms with Crippen molar-refractivity contribution in [2.24, 2.45) is 67.9 Å². The average molecular weight is 1740 g/mol. The summed E-state index contributed by atoms with van der Waals surface area (Å²) in [5.74, 6) is -18.7. The fourth-order valence-corrected chi connectivity index (χ4v) is 15.5. The molecule has 5 aliphatic heterocycles. The number of nitrogens with one attached hydrogen (secondary N) is 10. The molecule has 16 atom stereocenters. The predicted octanol–water partition coefficient (Wildman–Crippen LogP) is -7.91. The highest BCUT2D eigenvalue weighted by atomic mass is 16.4. The number of aliphatic hydroxyl groups excluding tert-OH is 1.